The number of sulfonamides is 1. The van der Waals surface area contributed by atoms with Crippen molar-refractivity contribution >= 4 is 44.6 Å². The van der Waals surface area contributed by atoms with Crippen LogP contribution in [0.3, 0.4) is 0 Å². The van der Waals surface area contributed by atoms with Crippen LogP contribution in [0.25, 0.3) is 21.9 Å². The molecule has 3 heterocycles. The van der Waals surface area contributed by atoms with E-state index < -0.39 is 79.8 Å². The predicted molar refractivity (Wildman–Crippen MR) is 212 cm³/mol. The van der Waals surface area contributed by atoms with E-state index in [0.29, 0.717) is 31.2 Å². The van der Waals surface area contributed by atoms with Crippen molar-refractivity contribution in [2.45, 2.75) is 113 Å². The van der Waals surface area contributed by atoms with Gasteiger partial charge in [-0.2, -0.15) is 5.10 Å². The summed E-state index contributed by atoms with van der Waals surface area (Å²) in [7, 11) is -2.54. The molecule has 304 valence electrons. The molecule has 2 aromatic carbocycles. The van der Waals surface area contributed by atoms with E-state index in [1.165, 1.54) is 22.9 Å². The van der Waals surface area contributed by atoms with Crippen molar-refractivity contribution in [3.8, 4) is 16.9 Å². The molecule has 3 aromatic rings. The zero-order chi connectivity index (χ0) is 40.7. The third-order valence-corrected chi connectivity index (χ3v) is 13.0. The van der Waals surface area contributed by atoms with Gasteiger partial charge >= 0.3 is 11.7 Å². The number of ether oxygens (including phenoxy) is 2. The maximum atomic E-state index is 14.6. The number of nitrogens with zero attached hydrogens (tertiary/aromatic N) is 3. The second kappa shape index (κ2) is 15.6. The molecule has 5 atom stereocenters. The van der Waals surface area contributed by atoms with Crippen LogP contribution in [0.5, 0.6) is 5.75 Å². The van der Waals surface area contributed by atoms with Crippen LogP contribution in [-0.2, 0) is 29.1 Å². The maximum Gasteiger partial charge on any atom is 0.408 e. The topological polar surface area (TPSA) is 195 Å². The molecule has 2 aliphatic heterocycles. The largest absolute Gasteiger partial charge is 0.491 e. The summed E-state index contributed by atoms with van der Waals surface area (Å²) in [6, 6.07) is 10.3. The molecule has 0 spiro atoms. The van der Waals surface area contributed by atoms with Crippen LogP contribution < -0.4 is 25.7 Å². The second-order valence-electron chi connectivity index (χ2n) is 16.5. The fraction of sp³-hybridized carbons (Fsp3) is 0.512. The highest BCUT2D eigenvalue weighted by molar-refractivity contribution is 7.91. The Morgan fingerprint density at radius 3 is 2.47 bits per heavy atom. The van der Waals surface area contributed by atoms with Gasteiger partial charge in [-0.25, -0.2) is 17.9 Å². The number of alkyl carbamates (subject to hydrolysis) is 1. The van der Waals surface area contributed by atoms with Gasteiger partial charge in [0.15, 0.2) is 5.75 Å². The van der Waals surface area contributed by atoms with Crippen molar-refractivity contribution in [1.29, 1.82) is 0 Å². The van der Waals surface area contributed by atoms with E-state index in [9.17, 15) is 32.4 Å². The summed E-state index contributed by atoms with van der Waals surface area (Å²) < 4.78 is 40.4. The first-order valence-corrected chi connectivity index (χ1v) is 21.1. The molecule has 3 N–H and O–H groups in total. The molecule has 1 saturated heterocycles. The Kier molecular flexibility index (Phi) is 10.9. The van der Waals surface area contributed by atoms with E-state index in [1.807, 2.05) is 54.6 Å². The lowest BCUT2D eigenvalue weighted by Crippen LogP contribution is -2.58. The van der Waals surface area contributed by atoms with Crippen molar-refractivity contribution in [3.05, 3.63) is 71.2 Å². The number of rotatable bonds is 7. The highest BCUT2D eigenvalue weighted by atomic mass is 32.2. The highest BCUT2D eigenvalue weighted by Gasteiger charge is 2.62. The molecule has 3 fully saturated rings. The zero-order valence-corrected chi connectivity index (χ0v) is 33.5. The number of hydrogen-bond donors (Lipinski definition) is 3. The highest BCUT2D eigenvalue weighted by Crippen LogP contribution is 2.46. The molecule has 2 aliphatic carbocycles. The Labute approximate surface area is 331 Å². The standard InChI is InChI=1S/C41H50N6O9S/c1-40(2,3)56-39(52)43-32-18-9-7-5-6-8-15-26-22-41(26,38(51)45-57(53,54)28-19-20-28)44-35(48)33-21-27(24-46(33)36(32)49)47-37(50)34(55-4)31(23-42-47)30-17-12-14-25-13-10-11-16-29(25)30/h8,10-17,23,26-28,32-33H,5-7,9,18-22,24H2,1-4H3,(H,43,52)(H,44,48)(H,45,51)/t26-,27-,32+,33+,41-/m1/s1. The SMILES string of the molecule is COc1c(-c2cccc3ccccc23)cnn([C@@H]2C[C@H]3C(=O)N[C@]4(C(=O)NS(=O)(=O)C5CC5)C[C@H]4C=CCCCCC[C@H](NC(=O)OC(C)(C)C)C(=O)N3C2)c1=O. The summed E-state index contributed by atoms with van der Waals surface area (Å²) in [5.74, 6) is -2.53. The first-order valence-electron chi connectivity index (χ1n) is 19.6. The van der Waals surface area contributed by atoms with Crippen LogP contribution >= 0.6 is 0 Å². The van der Waals surface area contributed by atoms with Crippen LogP contribution in [0.4, 0.5) is 4.79 Å². The molecule has 0 radical (unpaired) electrons. The number of carbonyl (C=O) groups is 4. The van der Waals surface area contributed by atoms with Gasteiger partial charge in [-0.15, -0.1) is 0 Å². The summed E-state index contributed by atoms with van der Waals surface area (Å²) in [5, 5.41) is 11.3. The first kappa shape index (κ1) is 40.0. The fourth-order valence-electron chi connectivity index (χ4n) is 7.97. The van der Waals surface area contributed by atoms with Gasteiger partial charge in [0.25, 0.3) is 5.91 Å². The Bertz CT molecular complexity index is 2280. The first-order chi connectivity index (χ1) is 27.1. The Morgan fingerprint density at radius 1 is 0.982 bits per heavy atom. The third-order valence-electron chi connectivity index (χ3n) is 11.1. The van der Waals surface area contributed by atoms with E-state index >= 15 is 0 Å². The van der Waals surface area contributed by atoms with Crippen molar-refractivity contribution in [1.82, 2.24) is 30.0 Å². The number of allylic oxidation sites excluding steroid dienone is 1. The van der Waals surface area contributed by atoms with Crippen LogP contribution in [0.15, 0.2) is 65.6 Å². The molecule has 4 aliphatic rings. The van der Waals surface area contributed by atoms with Gasteiger partial charge < -0.3 is 25.0 Å². The van der Waals surface area contributed by atoms with Crippen LogP contribution in [0, 0.1) is 5.92 Å². The second-order valence-corrected chi connectivity index (χ2v) is 18.4. The maximum absolute atomic E-state index is 14.6. The number of aromatic nitrogens is 2. The number of nitrogens with one attached hydrogen (secondary N) is 3. The lowest BCUT2D eigenvalue weighted by Gasteiger charge is -2.30. The Balaban J connectivity index is 1.25. The number of amides is 4. The quantitative estimate of drug-likeness (QED) is 0.293. The number of fused-ring (bicyclic) bond motifs is 3. The third kappa shape index (κ3) is 8.41. The average molecular weight is 803 g/mol. The van der Waals surface area contributed by atoms with Crippen molar-refractivity contribution < 1.29 is 37.1 Å². The molecular weight excluding hydrogens is 753 g/mol. The Morgan fingerprint density at radius 2 is 1.74 bits per heavy atom. The fourth-order valence-corrected chi connectivity index (χ4v) is 9.33. The van der Waals surface area contributed by atoms with E-state index in [1.54, 1.807) is 20.8 Å². The van der Waals surface area contributed by atoms with Gasteiger partial charge in [0.05, 0.1) is 30.2 Å². The Hall–Kier alpha value is -5.25. The monoisotopic (exact) mass is 802 g/mol. The summed E-state index contributed by atoms with van der Waals surface area (Å²) >= 11 is 0. The minimum Gasteiger partial charge on any atom is -0.491 e. The molecule has 7 rings (SSSR count). The lowest BCUT2D eigenvalue weighted by molar-refractivity contribution is -0.141. The summed E-state index contributed by atoms with van der Waals surface area (Å²) in [6.07, 6.45) is 8.50. The smallest absolute Gasteiger partial charge is 0.408 e. The molecule has 57 heavy (non-hydrogen) atoms. The molecule has 2 saturated carbocycles. The van der Waals surface area contributed by atoms with Gasteiger partial charge in [0.2, 0.25) is 21.8 Å². The van der Waals surface area contributed by atoms with E-state index in [-0.39, 0.29) is 31.6 Å². The minimum atomic E-state index is -3.93. The van der Waals surface area contributed by atoms with Crippen molar-refractivity contribution in [2.24, 2.45) is 5.92 Å². The number of hydrogen-bond acceptors (Lipinski definition) is 10. The van der Waals surface area contributed by atoms with Gasteiger partial charge in [0, 0.05) is 18.9 Å². The molecular formula is C41H50N6O9S. The number of benzene rings is 2. The predicted octanol–water partition coefficient (Wildman–Crippen LogP) is 4.11. The molecule has 16 heteroatoms. The van der Waals surface area contributed by atoms with E-state index in [0.717, 1.165) is 29.2 Å². The van der Waals surface area contributed by atoms with Crippen LogP contribution in [0.2, 0.25) is 0 Å². The summed E-state index contributed by atoms with van der Waals surface area (Å²) in [4.78, 5) is 71.5. The number of carbonyl (C=O) groups excluding carboxylic acids is 4. The van der Waals surface area contributed by atoms with E-state index in [4.69, 9.17) is 9.47 Å². The van der Waals surface area contributed by atoms with Crippen molar-refractivity contribution in [3.63, 3.8) is 0 Å². The molecule has 4 amide bonds. The van der Waals surface area contributed by atoms with Gasteiger partial charge in [-0.05, 0) is 75.6 Å². The molecule has 0 bridgehead atoms. The minimum absolute atomic E-state index is 0.0335. The molecule has 15 nitrogen and oxygen atoms in total. The average Bonchev–Trinajstić information content (AvgIpc) is 4.09. The number of methoxy groups -OCH3 is 1. The van der Waals surface area contributed by atoms with Crippen LogP contribution in [-0.4, -0.2) is 89.0 Å². The van der Waals surface area contributed by atoms with Gasteiger partial charge in [-0.3, -0.25) is 23.9 Å². The van der Waals surface area contributed by atoms with E-state index in [2.05, 4.69) is 20.5 Å². The van der Waals surface area contributed by atoms with Gasteiger partial charge in [-0.1, -0.05) is 67.5 Å². The summed E-state index contributed by atoms with van der Waals surface area (Å²) in [6.45, 7) is 5.00. The van der Waals surface area contributed by atoms with Crippen molar-refractivity contribution in [2.75, 3.05) is 13.7 Å². The molecule has 0 unspecified atom stereocenters. The molecule has 1 aromatic heterocycles. The summed E-state index contributed by atoms with van der Waals surface area (Å²) in [5.41, 5.74) is -1.75. The van der Waals surface area contributed by atoms with Crippen LogP contribution in [0.1, 0.15) is 84.6 Å². The zero-order valence-electron chi connectivity index (χ0n) is 32.7. The lowest BCUT2D eigenvalue weighted by atomic mass is 9.99. The van der Waals surface area contributed by atoms with Gasteiger partial charge in [0.1, 0.15) is 23.2 Å². The normalized spacial score (nSPS) is 25.6.